The summed E-state index contributed by atoms with van der Waals surface area (Å²) in [6.45, 7) is 4.65. The number of alkyl halides is 3. The van der Waals surface area contributed by atoms with Gasteiger partial charge in [0.1, 0.15) is 0 Å². The topological polar surface area (TPSA) is 12.5 Å². The zero-order valence-corrected chi connectivity index (χ0v) is 20.4. The highest BCUT2D eigenvalue weighted by atomic mass is 19.4. The second-order valence-electron chi connectivity index (χ2n) is 9.19. The van der Waals surface area contributed by atoms with Crippen LogP contribution in [0.1, 0.15) is 52.6 Å². The van der Waals surface area contributed by atoms with E-state index in [1.54, 1.807) is 25.3 Å². The first-order chi connectivity index (χ1) is 16.9. The van der Waals surface area contributed by atoms with Crippen LogP contribution in [0.15, 0.2) is 60.7 Å². The highest BCUT2D eigenvalue weighted by Gasteiger charge is 2.34. The molecule has 0 aliphatic carbocycles. The first-order valence-corrected chi connectivity index (χ1v) is 12.1. The SMILES string of the molecule is COCc1cc(/C=C/c2cccc(-c3ccccc3)c2C)c(C(F)(F)F)cc1CN1CCCCC1. The van der Waals surface area contributed by atoms with Gasteiger partial charge in [0.2, 0.25) is 0 Å². The van der Waals surface area contributed by atoms with E-state index in [1.807, 2.05) is 55.5 Å². The van der Waals surface area contributed by atoms with Crippen molar-refractivity contribution in [2.45, 2.75) is 45.5 Å². The molecule has 1 aliphatic heterocycles. The van der Waals surface area contributed by atoms with Crippen LogP contribution >= 0.6 is 0 Å². The molecule has 1 fully saturated rings. The van der Waals surface area contributed by atoms with Gasteiger partial charge in [-0.25, -0.2) is 0 Å². The fourth-order valence-corrected chi connectivity index (χ4v) is 4.83. The molecule has 35 heavy (non-hydrogen) atoms. The van der Waals surface area contributed by atoms with E-state index in [-0.39, 0.29) is 12.2 Å². The van der Waals surface area contributed by atoms with Crippen molar-refractivity contribution in [2.24, 2.45) is 0 Å². The second kappa shape index (κ2) is 11.2. The van der Waals surface area contributed by atoms with Crippen LogP contribution in [0.4, 0.5) is 13.2 Å². The normalized spacial score (nSPS) is 15.1. The largest absolute Gasteiger partial charge is 0.416 e. The number of methoxy groups -OCH3 is 1. The number of piperidine rings is 1. The van der Waals surface area contributed by atoms with Gasteiger partial charge in [0, 0.05) is 13.7 Å². The van der Waals surface area contributed by atoms with Crippen LogP contribution in [-0.2, 0) is 24.1 Å². The van der Waals surface area contributed by atoms with Crippen molar-refractivity contribution < 1.29 is 17.9 Å². The molecule has 4 rings (SSSR count). The van der Waals surface area contributed by atoms with E-state index in [9.17, 15) is 13.2 Å². The Morgan fingerprint density at radius 1 is 0.857 bits per heavy atom. The number of benzene rings is 3. The zero-order chi connectivity index (χ0) is 24.8. The molecule has 0 aromatic heterocycles. The fraction of sp³-hybridized carbons (Fsp3) is 0.333. The summed E-state index contributed by atoms with van der Waals surface area (Å²) in [4.78, 5) is 2.24. The maximum atomic E-state index is 14.1. The highest BCUT2D eigenvalue weighted by Crippen LogP contribution is 2.36. The number of ether oxygens (including phenoxy) is 1. The monoisotopic (exact) mass is 479 g/mol. The predicted octanol–water partition coefficient (Wildman–Crippen LogP) is 7.98. The first-order valence-electron chi connectivity index (χ1n) is 12.1. The highest BCUT2D eigenvalue weighted by molar-refractivity contribution is 5.78. The van der Waals surface area contributed by atoms with Crippen molar-refractivity contribution in [3.63, 3.8) is 0 Å². The van der Waals surface area contributed by atoms with Crippen LogP contribution < -0.4 is 0 Å². The average Bonchev–Trinajstić information content (AvgIpc) is 2.85. The molecule has 1 heterocycles. The van der Waals surface area contributed by atoms with Gasteiger partial charge >= 0.3 is 6.18 Å². The van der Waals surface area contributed by atoms with Crippen LogP contribution in [0.5, 0.6) is 0 Å². The molecule has 0 saturated carbocycles. The predicted molar refractivity (Wildman–Crippen MR) is 137 cm³/mol. The first kappa shape index (κ1) is 25.2. The van der Waals surface area contributed by atoms with Crippen molar-refractivity contribution >= 4 is 12.2 Å². The number of rotatable bonds is 7. The minimum Gasteiger partial charge on any atom is -0.380 e. The molecule has 0 unspecified atom stereocenters. The van der Waals surface area contributed by atoms with E-state index in [1.165, 1.54) is 12.5 Å². The zero-order valence-electron chi connectivity index (χ0n) is 20.4. The Morgan fingerprint density at radius 2 is 1.57 bits per heavy atom. The van der Waals surface area contributed by atoms with Crippen LogP contribution in [0.2, 0.25) is 0 Å². The summed E-state index contributed by atoms with van der Waals surface area (Å²) >= 11 is 0. The summed E-state index contributed by atoms with van der Waals surface area (Å²) in [6.07, 6.45) is 2.30. The maximum absolute atomic E-state index is 14.1. The molecular formula is C30H32F3NO. The van der Waals surface area contributed by atoms with Crippen molar-refractivity contribution in [2.75, 3.05) is 20.2 Å². The van der Waals surface area contributed by atoms with Gasteiger partial charge in [-0.2, -0.15) is 13.2 Å². The lowest BCUT2D eigenvalue weighted by atomic mass is 9.94. The lowest BCUT2D eigenvalue weighted by Gasteiger charge is -2.28. The molecular weight excluding hydrogens is 447 g/mol. The van der Waals surface area contributed by atoms with Gasteiger partial charge in [0.25, 0.3) is 0 Å². The fourth-order valence-electron chi connectivity index (χ4n) is 4.83. The quantitative estimate of drug-likeness (QED) is 0.319. The molecule has 1 aliphatic rings. The molecule has 184 valence electrons. The summed E-state index contributed by atoms with van der Waals surface area (Å²) in [5.41, 5.74) is 5.14. The molecule has 5 heteroatoms. The Kier molecular flexibility index (Phi) is 8.09. The number of hydrogen-bond donors (Lipinski definition) is 0. The van der Waals surface area contributed by atoms with E-state index in [2.05, 4.69) is 4.90 Å². The van der Waals surface area contributed by atoms with Crippen LogP contribution in [0, 0.1) is 6.92 Å². The summed E-state index contributed by atoms with van der Waals surface area (Å²) < 4.78 is 47.8. The molecule has 0 spiro atoms. The van der Waals surface area contributed by atoms with Crippen molar-refractivity contribution in [3.05, 3.63) is 94.0 Å². The van der Waals surface area contributed by atoms with Crippen molar-refractivity contribution in [3.8, 4) is 11.1 Å². The number of hydrogen-bond acceptors (Lipinski definition) is 2. The number of likely N-dealkylation sites (tertiary alicyclic amines) is 1. The van der Waals surface area contributed by atoms with Crippen LogP contribution in [-0.4, -0.2) is 25.1 Å². The van der Waals surface area contributed by atoms with E-state index in [0.717, 1.165) is 53.7 Å². The molecule has 0 radical (unpaired) electrons. The minimum absolute atomic E-state index is 0.163. The third-order valence-electron chi connectivity index (χ3n) is 6.72. The average molecular weight is 480 g/mol. The van der Waals surface area contributed by atoms with Crippen molar-refractivity contribution in [1.82, 2.24) is 4.90 Å². The molecule has 0 bridgehead atoms. The summed E-state index contributed by atoms with van der Waals surface area (Å²) in [7, 11) is 1.58. The van der Waals surface area contributed by atoms with Gasteiger partial charge in [-0.15, -0.1) is 0 Å². The number of halogens is 3. The Hall–Kier alpha value is -2.89. The van der Waals surface area contributed by atoms with Gasteiger partial charge in [-0.05, 0) is 83.9 Å². The number of nitrogens with zero attached hydrogens (tertiary/aromatic N) is 1. The third-order valence-corrected chi connectivity index (χ3v) is 6.72. The molecule has 0 N–H and O–H groups in total. The molecule has 0 atom stereocenters. The Morgan fingerprint density at radius 3 is 2.26 bits per heavy atom. The molecule has 0 amide bonds. The molecule has 1 saturated heterocycles. The van der Waals surface area contributed by atoms with Crippen LogP contribution in [0.25, 0.3) is 23.3 Å². The standard InChI is InChI=1S/C30H32F3NO/c1-22-23(12-9-13-28(22)24-10-5-3-6-11-24)14-15-25-18-27(21-35-2)26(19-29(25)30(31,32)33)20-34-16-7-4-8-17-34/h3,5-6,9-15,18-19H,4,7-8,16-17,20-21H2,1-2H3/b15-14+. The molecule has 2 nitrogen and oxygen atoms in total. The van der Waals surface area contributed by atoms with Gasteiger partial charge in [0.15, 0.2) is 0 Å². The smallest absolute Gasteiger partial charge is 0.380 e. The third kappa shape index (κ3) is 6.22. The Balaban J connectivity index is 1.71. The van der Waals surface area contributed by atoms with Crippen molar-refractivity contribution in [1.29, 1.82) is 0 Å². The van der Waals surface area contributed by atoms with E-state index < -0.39 is 11.7 Å². The lowest BCUT2D eigenvalue weighted by molar-refractivity contribution is -0.137. The van der Waals surface area contributed by atoms with E-state index >= 15 is 0 Å². The van der Waals surface area contributed by atoms with E-state index in [4.69, 9.17) is 4.74 Å². The van der Waals surface area contributed by atoms with Gasteiger partial charge in [0.05, 0.1) is 12.2 Å². The van der Waals surface area contributed by atoms with E-state index in [0.29, 0.717) is 12.1 Å². The van der Waals surface area contributed by atoms with Gasteiger partial charge in [-0.1, -0.05) is 67.1 Å². The lowest BCUT2D eigenvalue weighted by Crippen LogP contribution is -2.29. The molecule has 3 aromatic carbocycles. The Bertz CT molecular complexity index is 1160. The maximum Gasteiger partial charge on any atom is 0.416 e. The second-order valence-corrected chi connectivity index (χ2v) is 9.19. The molecule has 3 aromatic rings. The summed E-state index contributed by atoms with van der Waals surface area (Å²) in [5.74, 6) is 0. The van der Waals surface area contributed by atoms with Crippen LogP contribution in [0.3, 0.4) is 0 Å². The summed E-state index contributed by atoms with van der Waals surface area (Å²) in [5, 5.41) is 0. The Labute approximate surface area is 206 Å². The minimum atomic E-state index is -4.44. The van der Waals surface area contributed by atoms with Gasteiger partial charge in [-0.3, -0.25) is 4.90 Å². The summed E-state index contributed by atoms with van der Waals surface area (Å²) in [6, 6.07) is 18.9. The van der Waals surface area contributed by atoms with Gasteiger partial charge < -0.3 is 4.74 Å².